The molecule has 0 aromatic heterocycles. The summed E-state index contributed by atoms with van der Waals surface area (Å²) < 4.78 is 0. The Bertz CT molecular complexity index is 119. The van der Waals surface area contributed by atoms with Crippen molar-refractivity contribution in [2.45, 2.75) is 38.0 Å². The summed E-state index contributed by atoms with van der Waals surface area (Å²) in [5.41, 5.74) is 0. The predicted molar refractivity (Wildman–Crippen MR) is 61.2 cm³/mol. The van der Waals surface area contributed by atoms with E-state index in [2.05, 4.69) is 6.92 Å². The normalized spacial score (nSPS) is 27.5. The molecule has 0 atom stereocenters. The molecule has 2 fully saturated rings. The standard InChI is InChI=1S/C10H20P2/c1-10(11-6-2-3-7-11)12-8-4-5-9-12/h10H,2-9H2,1H3. The Labute approximate surface area is 79.0 Å². The largest absolute Gasteiger partial charge is 0.0994 e. The highest BCUT2D eigenvalue weighted by Gasteiger charge is 2.28. The van der Waals surface area contributed by atoms with Crippen LogP contribution in [0.2, 0.25) is 0 Å². The van der Waals surface area contributed by atoms with Gasteiger partial charge in [0, 0.05) is 0 Å². The summed E-state index contributed by atoms with van der Waals surface area (Å²) in [5.74, 6) is 0. The maximum absolute atomic E-state index is 2.58. The number of rotatable bonds is 2. The highest BCUT2D eigenvalue weighted by Crippen LogP contribution is 2.63. The van der Waals surface area contributed by atoms with E-state index in [1.807, 2.05) is 0 Å². The average Bonchev–Trinajstić information content (AvgIpc) is 2.77. The van der Waals surface area contributed by atoms with Crippen molar-refractivity contribution >= 4 is 15.8 Å². The van der Waals surface area contributed by atoms with Crippen LogP contribution in [0.1, 0.15) is 32.6 Å². The molecule has 70 valence electrons. The monoisotopic (exact) mass is 202 g/mol. The van der Waals surface area contributed by atoms with Crippen molar-refractivity contribution in [2.75, 3.05) is 24.6 Å². The minimum Gasteiger partial charge on any atom is -0.0994 e. The minimum absolute atomic E-state index is 0.511. The van der Waals surface area contributed by atoms with Crippen LogP contribution in [0, 0.1) is 0 Å². The Morgan fingerprint density at radius 3 is 1.42 bits per heavy atom. The predicted octanol–water partition coefficient (Wildman–Crippen LogP) is 3.88. The molecular formula is C10H20P2. The molecular weight excluding hydrogens is 182 g/mol. The zero-order chi connectivity index (χ0) is 8.39. The second-order valence-corrected chi connectivity index (χ2v) is 10.2. The average molecular weight is 202 g/mol. The third-order valence-corrected chi connectivity index (χ3v) is 11.0. The molecule has 2 saturated heterocycles. The van der Waals surface area contributed by atoms with Crippen LogP contribution in [-0.4, -0.2) is 30.0 Å². The molecule has 0 nitrogen and oxygen atoms in total. The Morgan fingerprint density at radius 2 is 1.08 bits per heavy atom. The fraction of sp³-hybridized carbons (Fsp3) is 1.00. The van der Waals surface area contributed by atoms with Crippen LogP contribution >= 0.6 is 15.8 Å². The van der Waals surface area contributed by atoms with Crippen molar-refractivity contribution in [3.8, 4) is 0 Å². The van der Waals surface area contributed by atoms with Crippen molar-refractivity contribution in [1.82, 2.24) is 0 Å². The Hall–Kier alpha value is 0.860. The maximum Gasteiger partial charge on any atom is -0.00342 e. The van der Waals surface area contributed by atoms with Crippen LogP contribution in [0.4, 0.5) is 0 Å². The molecule has 2 heteroatoms. The van der Waals surface area contributed by atoms with E-state index >= 15 is 0 Å². The molecule has 0 aromatic carbocycles. The molecule has 2 aliphatic heterocycles. The van der Waals surface area contributed by atoms with E-state index in [1.54, 1.807) is 50.3 Å². The van der Waals surface area contributed by atoms with E-state index in [1.165, 1.54) is 5.40 Å². The van der Waals surface area contributed by atoms with Gasteiger partial charge in [0.15, 0.2) is 0 Å². The van der Waals surface area contributed by atoms with E-state index in [4.69, 9.17) is 0 Å². The fourth-order valence-corrected chi connectivity index (χ4v) is 10.2. The lowest BCUT2D eigenvalue weighted by Crippen LogP contribution is -2.00. The maximum atomic E-state index is 2.58. The highest BCUT2D eigenvalue weighted by molar-refractivity contribution is 7.76. The first-order valence-corrected chi connectivity index (χ1v) is 8.92. The first-order chi connectivity index (χ1) is 5.88. The molecule has 0 N–H and O–H groups in total. The Morgan fingerprint density at radius 1 is 0.750 bits per heavy atom. The summed E-state index contributed by atoms with van der Waals surface area (Å²) in [7, 11) is 1.02. The van der Waals surface area contributed by atoms with Gasteiger partial charge in [0.2, 0.25) is 0 Å². The zero-order valence-electron chi connectivity index (χ0n) is 8.13. The Balaban J connectivity index is 1.84. The molecule has 2 aliphatic rings. The summed E-state index contributed by atoms with van der Waals surface area (Å²) >= 11 is 0. The molecule has 0 unspecified atom stereocenters. The van der Waals surface area contributed by atoms with Crippen LogP contribution in [-0.2, 0) is 0 Å². The second-order valence-electron chi connectivity index (χ2n) is 4.12. The highest BCUT2D eigenvalue weighted by atomic mass is 31.2. The molecule has 0 radical (unpaired) electrons. The summed E-state index contributed by atoms with van der Waals surface area (Å²) in [6.45, 7) is 2.58. The molecule has 0 saturated carbocycles. The molecule has 12 heavy (non-hydrogen) atoms. The molecule has 0 aromatic rings. The topological polar surface area (TPSA) is 0 Å². The van der Waals surface area contributed by atoms with Gasteiger partial charge in [-0.25, -0.2) is 0 Å². The van der Waals surface area contributed by atoms with Crippen LogP contribution in [0.3, 0.4) is 0 Å². The van der Waals surface area contributed by atoms with Gasteiger partial charge in [-0.2, -0.15) is 0 Å². The van der Waals surface area contributed by atoms with Crippen molar-refractivity contribution in [3.63, 3.8) is 0 Å². The summed E-state index contributed by atoms with van der Waals surface area (Å²) in [6, 6.07) is 0. The summed E-state index contributed by atoms with van der Waals surface area (Å²) in [5, 5.41) is 1.18. The first kappa shape index (κ1) is 9.42. The van der Waals surface area contributed by atoms with Gasteiger partial charge in [-0.3, -0.25) is 0 Å². The van der Waals surface area contributed by atoms with E-state index in [-0.39, 0.29) is 0 Å². The van der Waals surface area contributed by atoms with E-state index in [9.17, 15) is 0 Å². The smallest absolute Gasteiger partial charge is 0.00342 e. The molecule has 0 aliphatic carbocycles. The van der Waals surface area contributed by atoms with Crippen molar-refractivity contribution < 1.29 is 0 Å². The summed E-state index contributed by atoms with van der Waals surface area (Å²) in [4.78, 5) is 0. The van der Waals surface area contributed by atoms with E-state index in [0.717, 1.165) is 0 Å². The van der Waals surface area contributed by atoms with Crippen molar-refractivity contribution in [2.24, 2.45) is 0 Å². The van der Waals surface area contributed by atoms with Crippen molar-refractivity contribution in [1.29, 1.82) is 0 Å². The lowest BCUT2D eigenvalue weighted by molar-refractivity contribution is 0.949. The van der Waals surface area contributed by atoms with Gasteiger partial charge in [0.25, 0.3) is 0 Å². The molecule has 0 amide bonds. The SMILES string of the molecule is CC(P1CCCC1)P1CCCC1. The van der Waals surface area contributed by atoms with Gasteiger partial charge in [0.1, 0.15) is 0 Å². The van der Waals surface area contributed by atoms with E-state index < -0.39 is 0 Å². The zero-order valence-corrected chi connectivity index (χ0v) is 9.92. The van der Waals surface area contributed by atoms with Crippen LogP contribution < -0.4 is 0 Å². The van der Waals surface area contributed by atoms with E-state index in [0.29, 0.717) is 15.8 Å². The van der Waals surface area contributed by atoms with Gasteiger partial charge in [-0.15, -0.1) is 0 Å². The van der Waals surface area contributed by atoms with Crippen LogP contribution in [0.15, 0.2) is 0 Å². The quantitative estimate of drug-likeness (QED) is 0.596. The van der Waals surface area contributed by atoms with Gasteiger partial charge in [-0.05, 0) is 55.7 Å². The third-order valence-electron chi connectivity index (χ3n) is 3.34. The number of hydrogen-bond acceptors (Lipinski definition) is 0. The lowest BCUT2D eigenvalue weighted by Gasteiger charge is -2.26. The minimum atomic E-state index is 0.511. The van der Waals surface area contributed by atoms with Gasteiger partial charge in [0.05, 0.1) is 0 Å². The molecule has 0 spiro atoms. The van der Waals surface area contributed by atoms with Gasteiger partial charge < -0.3 is 0 Å². The Kier molecular flexibility index (Phi) is 3.44. The number of hydrogen-bond donors (Lipinski definition) is 0. The van der Waals surface area contributed by atoms with Crippen LogP contribution in [0.5, 0.6) is 0 Å². The molecule has 2 heterocycles. The second kappa shape index (κ2) is 4.39. The first-order valence-electron chi connectivity index (χ1n) is 5.36. The lowest BCUT2D eigenvalue weighted by atomic mass is 10.4. The molecule has 2 rings (SSSR count). The van der Waals surface area contributed by atoms with Crippen molar-refractivity contribution in [3.05, 3.63) is 0 Å². The van der Waals surface area contributed by atoms with Crippen LogP contribution in [0.25, 0.3) is 0 Å². The van der Waals surface area contributed by atoms with Gasteiger partial charge >= 0.3 is 0 Å². The summed E-state index contributed by atoms with van der Waals surface area (Å²) in [6.07, 6.45) is 12.7. The molecule has 0 bridgehead atoms. The fourth-order valence-electron chi connectivity index (χ4n) is 2.46. The van der Waals surface area contributed by atoms with Gasteiger partial charge in [-0.1, -0.05) is 22.8 Å². The third kappa shape index (κ3) is 2.02.